The van der Waals surface area contributed by atoms with Crippen molar-refractivity contribution in [3.63, 3.8) is 0 Å². The first-order valence-corrected chi connectivity index (χ1v) is 6.90. The Bertz CT molecular complexity index is 584. The third-order valence-electron chi connectivity index (χ3n) is 4.08. The largest absolute Gasteiger partial charge is 0.466 e. The molecule has 0 amide bonds. The van der Waals surface area contributed by atoms with Gasteiger partial charge in [0, 0.05) is 6.08 Å². The number of carbonyl (C=O) groups excluding carboxylic acids is 1. The molecule has 0 radical (unpaired) electrons. The Balaban J connectivity index is 3.33. The molecule has 0 saturated heterocycles. The van der Waals surface area contributed by atoms with Crippen molar-refractivity contribution in [3.8, 4) is 6.07 Å². The molecule has 1 rings (SSSR count). The zero-order chi connectivity index (χ0) is 17.9. The quantitative estimate of drug-likeness (QED) is 0.322. The minimum absolute atomic E-state index is 0.290. The van der Waals surface area contributed by atoms with E-state index in [0.717, 1.165) is 13.2 Å². The number of rotatable bonds is 6. The Morgan fingerprint density at radius 3 is 2.26 bits per heavy atom. The van der Waals surface area contributed by atoms with Crippen molar-refractivity contribution in [2.75, 3.05) is 7.11 Å². The molecule has 1 saturated carbocycles. The van der Waals surface area contributed by atoms with Crippen molar-refractivity contribution < 1.29 is 22.7 Å². The van der Waals surface area contributed by atoms with Crippen LogP contribution < -0.4 is 0 Å². The van der Waals surface area contributed by atoms with E-state index in [1.165, 1.54) is 0 Å². The molecule has 1 aliphatic carbocycles. The highest BCUT2D eigenvalue weighted by atomic mass is 19.4. The van der Waals surface area contributed by atoms with Crippen molar-refractivity contribution >= 4 is 5.97 Å². The van der Waals surface area contributed by atoms with E-state index in [1.807, 2.05) is 6.07 Å². The van der Waals surface area contributed by atoms with Gasteiger partial charge in [0.2, 0.25) is 0 Å². The number of nitriles is 1. The number of alkyl halides is 3. The Hall–Kier alpha value is -2.17. The van der Waals surface area contributed by atoms with Gasteiger partial charge in [-0.2, -0.15) is 18.4 Å². The number of carbonyl (C=O) groups is 1. The second kappa shape index (κ2) is 6.52. The van der Waals surface area contributed by atoms with Crippen molar-refractivity contribution in [2.24, 2.45) is 16.5 Å². The maximum absolute atomic E-state index is 13.0. The van der Waals surface area contributed by atoms with Crippen molar-refractivity contribution in [3.05, 3.63) is 28.7 Å². The van der Waals surface area contributed by atoms with Crippen LogP contribution >= 0.6 is 0 Å². The van der Waals surface area contributed by atoms with Gasteiger partial charge in [-0.3, -0.25) is 0 Å². The van der Waals surface area contributed by atoms with Crippen LogP contribution in [0.3, 0.4) is 0 Å². The molecule has 1 atom stereocenters. The molecular weight excluding hydrogens is 313 g/mol. The Labute approximate surface area is 131 Å². The normalized spacial score (nSPS) is 20.0. The number of halogens is 3. The standard InChI is InChI=1S/C15H17F3N2O3/c1-10(2)14(20-22,13(9-19)6-7-13)5-4-11(15(16,17)18)8-12(21)23-3/h4-5,8,10H,6-7H2,1-3H3/b5-4+,11-8+. The molecule has 0 aliphatic heterocycles. The summed E-state index contributed by atoms with van der Waals surface area (Å²) in [6, 6.07) is 2.00. The van der Waals surface area contributed by atoms with Crippen LogP contribution in [0.4, 0.5) is 13.2 Å². The lowest BCUT2D eigenvalue weighted by molar-refractivity contribution is -0.135. The Morgan fingerprint density at radius 2 is 1.96 bits per heavy atom. The first-order valence-electron chi connectivity index (χ1n) is 6.90. The molecule has 0 bridgehead atoms. The average Bonchev–Trinajstić information content (AvgIpc) is 3.26. The third-order valence-corrected chi connectivity index (χ3v) is 4.08. The van der Waals surface area contributed by atoms with Crippen molar-refractivity contribution in [2.45, 2.75) is 38.4 Å². The van der Waals surface area contributed by atoms with Crippen LogP contribution in [0, 0.1) is 27.6 Å². The lowest BCUT2D eigenvalue weighted by Crippen LogP contribution is -2.40. The molecule has 1 fully saturated rings. The van der Waals surface area contributed by atoms with Crippen LogP contribution in [0.2, 0.25) is 0 Å². The highest BCUT2D eigenvalue weighted by Crippen LogP contribution is 2.58. The summed E-state index contributed by atoms with van der Waals surface area (Å²) in [7, 11) is 0.955. The Morgan fingerprint density at radius 1 is 1.39 bits per heavy atom. The number of methoxy groups -OCH3 is 1. The van der Waals surface area contributed by atoms with Crippen molar-refractivity contribution in [1.82, 2.24) is 0 Å². The van der Waals surface area contributed by atoms with Gasteiger partial charge in [-0.25, -0.2) is 4.79 Å². The number of allylic oxidation sites excluding steroid dienone is 2. The fourth-order valence-electron chi connectivity index (χ4n) is 2.48. The molecule has 0 spiro atoms. The van der Waals surface area contributed by atoms with E-state index >= 15 is 0 Å². The second-order valence-corrected chi connectivity index (χ2v) is 5.72. The number of hydrogen-bond acceptors (Lipinski definition) is 5. The zero-order valence-electron chi connectivity index (χ0n) is 13.0. The molecule has 5 nitrogen and oxygen atoms in total. The summed E-state index contributed by atoms with van der Waals surface area (Å²) in [6.45, 7) is 3.22. The number of nitroso groups, excluding NO2 is 1. The van der Waals surface area contributed by atoms with E-state index in [2.05, 4.69) is 9.91 Å². The summed E-state index contributed by atoms with van der Waals surface area (Å²) in [5, 5.41) is 12.3. The van der Waals surface area contributed by atoms with Gasteiger partial charge in [0.1, 0.15) is 5.54 Å². The number of hydrogen-bond donors (Lipinski definition) is 0. The highest BCUT2D eigenvalue weighted by Gasteiger charge is 2.62. The molecule has 23 heavy (non-hydrogen) atoms. The predicted molar refractivity (Wildman–Crippen MR) is 75.9 cm³/mol. The highest BCUT2D eigenvalue weighted by molar-refractivity contribution is 5.83. The van der Waals surface area contributed by atoms with Crippen LogP contribution in [-0.4, -0.2) is 24.8 Å². The van der Waals surface area contributed by atoms with Gasteiger partial charge < -0.3 is 4.74 Å². The van der Waals surface area contributed by atoms with E-state index in [0.29, 0.717) is 25.0 Å². The van der Waals surface area contributed by atoms with E-state index in [1.54, 1.807) is 13.8 Å². The molecule has 1 aliphatic rings. The molecule has 0 aromatic carbocycles. The fourth-order valence-corrected chi connectivity index (χ4v) is 2.48. The van der Waals surface area contributed by atoms with Gasteiger partial charge in [0.25, 0.3) is 0 Å². The summed E-state index contributed by atoms with van der Waals surface area (Å²) in [4.78, 5) is 22.5. The summed E-state index contributed by atoms with van der Waals surface area (Å²) in [5.74, 6) is -1.65. The number of nitrogens with zero attached hydrogens (tertiary/aromatic N) is 2. The number of esters is 1. The number of ether oxygens (including phenoxy) is 1. The van der Waals surface area contributed by atoms with Crippen LogP contribution in [0.15, 0.2) is 29.0 Å². The Kier molecular flexibility index (Phi) is 5.35. The molecule has 0 N–H and O–H groups in total. The summed E-state index contributed by atoms with van der Waals surface area (Å²) in [6.07, 6.45) is -2.13. The summed E-state index contributed by atoms with van der Waals surface area (Å²) in [5.41, 5.74) is -3.95. The molecule has 0 aromatic rings. The SMILES string of the molecule is COC(=O)/C=C(\C=C\C(N=O)(C(C)C)C1(C#N)CC1)C(F)(F)F. The van der Waals surface area contributed by atoms with Gasteiger partial charge in [-0.05, 0) is 18.8 Å². The molecule has 126 valence electrons. The van der Waals surface area contributed by atoms with E-state index in [9.17, 15) is 28.1 Å². The van der Waals surface area contributed by atoms with Gasteiger partial charge in [0.15, 0.2) is 0 Å². The van der Waals surface area contributed by atoms with Crippen LogP contribution in [0.1, 0.15) is 26.7 Å². The lowest BCUT2D eigenvalue weighted by atomic mass is 9.73. The third kappa shape index (κ3) is 3.60. The minimum atomic E-state index is -4.81. The molecule has 0 heterocycles. The second-order valence-electron chi connectivity index (χ2n) is 5.72. The van der Waals surface area contributed by atoms with Crippen LogP contribution in [0.25, 0.3) is 0 Å². The summed E-state index contributed by atoms with van der Waals surface area (Å²) < 4.78 is 43.2. The topological polar surface area (TPSA) is 79.5 Å². The molecule has 1 unspecified atom stereocenters. The molecule has 0 aromatic heterocycles. The molecular formula is C15H17F3N2O3. The van der Waals surface area contributed by atoms with Gasteiger partial charge in [-0.15, -0.1) is 4.91 Å². The zero-order valence-corrected chi connectivity index (χ0v) is 13.0. The van der Waals surface area contributed by atoms with E-state index in [-0.39, 0.29) is 0 Å². The van der Waals surface area contributed by atoms with Crippen LogP contribution in [-0.2, 0) is 9.53 Å². The maximum atomic E-state index is 13.0. The first kappa shape index (κ1) is 18.9. The lowest BCUT2D eigenvalue weighted by Gasteiger charge is -2.31. The van der Waals surface area contributed by atoms with Crippen molar-refractivity contribution in [1.29, 1.82) is 5.26 Å². The van der Waals surface area contributed by atoms with Gasteiger partial charge >= 0.3 is 12.1 Å². The van der Waals surface area contributed by atoms with Crippen LogP contribution in [0.5, 0.6) is 0 Å². The maximum Gasteiger partial charge on any atom is 0.416 e. The average molecular weight is 330 g/mol. The first-order chi connectivity index (χ1) is 10.6. The fraction of sp³-hybridized carbons (Fsp3) is 0.600. The minimum Gasteiger partial charge on any atom is -0.466 e. The van der Waals surface area contributed by atoms with Gasteiger partial charge in [0.05, 0.1) is 24.2 Å². The summed E-state index contributed by atoms with van der Waals surface area (Å²) >= 11 is 0. The monoisotopic (exact) mass is 330 g/mol. The molecule has 8 heteroatoms. The van der Waals surface area contributed by atoms with E-state index < -0.39 is 34.6 Å². The van der Waals surface area contributed by atoms with Gasteiger partial charge in [-0.1, -0.05) is 31.2 Å². The predicted octanol–water partition coefficient (Wildman–Crippen LogP) is 3.67. The smallest absolute Gasteiger partial charge is 0.416 e. The van der Waals surface area contributed by atoms with E-state index in [4.69, 9.17) is 0 Å².